The molecule has 0 saturated heterocycles. The van der Waals surface area contributed by atoms with Crippen molar-refractivity contribution in [3.8, 4) is 5.75 Å². The Bertz CT molecular complexity index is 1810. The Hall–Kier alpha value is -3.76. The standard InChI is InChI=1S/C36H38Cl3N3O5S/c1-4-25(3)40-36(44)33(22-26-11-7-6-8-12-26)41(23-27-15-20-30(38)31(39)21-27)35(43)24-42(32-13-9-10-14-34(32)47-5-2)48(45,46)29-18-16-28(37)17-19-29/h6-21,25,33H,4-5,22-24H2,1-3H3,(H,40,44)/t25-,33+/m1/s1. The van der Waals surface area contributed by atoms with E-state index in [1.807, 2.05) is 44.2 Å². The molecule has 4 aromatic rings. The van der Waals surface area contributed by atoms with Crippen LogP contribution >= 0.6 is 34.8 Å². The van der Waals surface area contributed by atoms with Gasteiger partial charge in [0.1, 0.15) is 18.3 Å². The quantitative estimate of drug-likeness (QED) is 0.135. The second-order valence-electron chi connectivity index (χ2n) is 11.2. The summed E-state index contributed by atoms with van der Waals surface area (Å²) in [6.45, 7) is 5.18. The summed E-state index contributed by atoms with van der Waals surface area (Å²) >= 11 is 18.6. The first-order valence-corrected chi connectivity index (χ1v) is 18.1. The summed E-state index contributed by atoms with van der Waals surface area (Å²) in [6, 6.07) is 25.4. The minimum absolute atomic E-state index is 0.0525. The first-order chi connectivity index (χ1) is 22.9. The number of anilines is 1. The van der Waals surface area contributed by atoms with Gasteiger partial charge in [0.2, 0.25) is 11.8 Å². The van der Waals surface area contributed by atoms with Crippen LogP contribution in [0, 0.1) is 0 Å². The van der Waals surface area contributed by atoms with Crippen molar-refractivity contribution in [1.82, 2.24) is 10.2 Å². The fraction of sp³-hybridized carbons (Fsp3) is 0.278. The van der Waals surface area contributed by atoms with Crippen molar-refractivity contribution < 1.29 is 22.7 Å². The Balaban J connectivity index is 1.86. The number of halogens is 3. The van der Waals surface area contributed by atoms with E-state index in [-0.39, 0.29) is 52.9 Å². The second kappa shape index (κ2) is 17.1. The number of carbonyl (C=O) groups excluding carboxylic acids is 2. The first-order valence-electron chi connectivity index (χ1n) is 15.5. The Morgan fingerprint density at radius 2 is 1.50 bits per heavy atom. The Labute approximate surface area is 297 Å². The molecule has 0 unspecified atom stereocenters. The summed E-state index contributed by atoms with van der Waals surface area (Å²) in [5, 5.41) is 3.99. The third-order valence-corrected chi connectivity index (χ3v) is 10.5. The SMILES string of the molecule is CCOc1ccccc1N(CC(=O)N(Cc1ccc(Cl)c(Cl)c1)[C@@H](Cc1ccccc1)C(=O)N[C@H](C)CC)S(=O)(=O)c1ccc(Cl)cc1. The molecule has 1 N–H and O–H groups in total. The van der Waals surface area contributed by atoms with E-state index >= 15 is 0 Å². The number of nitrogens with zero attached hydrogens (tertiary/aromatic N) is 2. The maximum atomic E-state index is 14.7. The van der Waals surface area contributed by atoms with Gasteiger partial charge >= 0.3 is 0 Å². The first kappa shape index (κ1) is 37.1. The molecular formula is C36H38Cl3N3O5S. The lowest BCUT2D eigenvalue weighted by Crippen LogP contribution is -2.54. The highest BCUT2D eigenvalue weighted by Crippen LogP contribution is 2.33. The summed E-state index contributed by atoms with van der Waals surface area (Å²) < 4.78 is 35.5. The van der Waals surface area contributed by atoms with E-state index in [4.69, 9.17) is 39.5 Å². The highest BCUT2D eigenvalue weighted by molar-refractivity contribution is 7.92. The van der Waals surface area contributed by atoms with E-state index in [9.17, 15) is 18.0 Å². The van der Waals surface area contributed by atoms with Gasteiger partial charge in [-0.2, -0.15) is 0 Å². The summed E-state index contributed by atoms with van der Waals surface area (Å²) in [7, 11) is -4.35. The zero-order valence-electron chi connectivity index (χ0n) is 26.9. The smallest absolute Gasteiger partial charge is 0.264 e. The Morgan fingerprint density at radius 1 is 0.833 bits per heavy atom. The number of benzene rings is 4. The van der Waals surface area contributed by atoms with Crippen LogP contribution in [0.15, 0.2) is 102 Å². The zero-order valence-corrected chi connectivity index (χ0v) is 30.0. The largest absolute Gasteiger partial charge is 0.492 e. The van der Waals surface area contributed by atoms with Gasteiger partial charge in [-0.25, -0.2) is 8.42 Å². The van der Waals surface area contributed by atoms with Crippen LogP contribution in [0.3, 0.4) is 0 Å². The van der Waals surface area contributed by atoms with Crippen LogP contribution in [0.1, 0.15) is 38.3 Å². The molecule has 48 heavy (non-hydrogen) atoms. The molecule has 2 amide bonds. The highest BCUT2D eigenvalue weighted by Gasteiger charge is 2.36. The maximum Gasteiger partial charge on any atom is 0.264 e. The maximum absolute atomic E-state index is 14.7. The molecule has 0 aliphatic carbocycles. The van der Waals surface area contributed by atoms with Crippen molar-refractivity contribution in [2.24, 2.45) is 0 Å². The van der Waals surface area contributed by atoms with Crippen molar-refractivity contribution in [3.63, 3.8) is 0 Å². The number of carbonyl (C=O) groups is 2. The molecule has 8 nitrogen and oxygen atoms in total. The van der Waals surface area contributed by atoms with Crippen molar-refractivity contribution in [3.05, 3.63) is 123 Å². The van der Waals surface area contributed by atoms with Gasteiger partial charge in [0.05, 0.1) is 27.2 Å². The monoisotopic (exact) mass is 729 g/mol. The van der Waals surface area contributed by atoms with Gasteiger partial charge in [-0.15, -0.1) is 0 Å². The number of para-hydroxylation sites is 2. The molecule has 0 aromatic heterocycles. The second-order valence-corrected chi connectivity index (χ2v) is 14.3. The number of rotatable bonds is 15. The molecule has 254 valence electrons. The number of hydrogen-bond donors (Lipinski definition) is 1. The third-order valence-electron chi connectivity index (χ3n) is 7.72. The van der Waals surface area contributed by atoms with E-state index in [1.54, 1.807) is 49.4 Å². The van der Waals surface area contributed by atoms with Gasteiger partial charge in [-0.05, 0) is 79.9 Å². The van der Waals surface area contributed by atoms with Gasteiger partial charge in [0, 0.05) is 24.0 Å². The number of nitrogens with one attached hydrogen (secondary N) is 1. The summed E-state index contributed by atoms with van der Waals surface area (Å²) in [5.74, 6) is -0.717. The molecule has 0 bridgehead atoms. The van der Waals surface area contributed by atoms with Gasteiger partial charge in [-0.1, -0.05) is 90.3 Å². The molecule has 4 aromatic carbocycles. The molecule has 0 fully saturated rings. The van der Waals surface area contributed by atoms with Crippen molar-refractivity contribution in [1.29, 1.82) is 0 Å². The molecular weight excluding hydrogens is 693 g/mol. The van der Waals surface area contributed by atoms with Gasteiger partial charge in [0.15, 0.2) is 0 Å². The Morgan fingerprint density at radius 3 is 2.15 bits per heavy atom. The predicted molar refractivity (Wildman–Crippen MR) is 192 cm³/mol. The van der Waals surface area contributed by atoms with Crippen LogP contribution in [0.5, 0.6) is 5.75 Å². The van der Waals surface area contributed by atoms with Gasteiger partial charge < -0.3 is 15.0 Å². The molecule has 0 aliphatic rings. The van der Waals surface area contributed by atoms with E-state index in [0.29, 0.717) is 22.0 Å². The minimum atomic E-state index is -4.35. The fourth-order valence-corrected chi connectivity index (χ4v) is 6.89. The number of sulfonamides is 1. The number of ether oxygens (including phenoxy) is 1. The highest BCUT2D eigenvalue weighted by atomic mass is 35.5. The lowest BCUT2D eigenvalue weighted by Gasteiger charge is -2.34. The molecule has 2 atom stereocenters. The van der Waals surface area contributed by atoms with Crippen LogP contribution in [-0.2, 0) is 32.6 Å². The number of hydrogen-bond acceptors (Lipinski definition) is 5. The van der Waals surface area contributed by atoms with Gasteiger partial charge in [-0.3, -0.25) is 13.9 Å². The van der Waals surface area contributed by atoms with E-state index in [0.717, 1.165) is 9.87 Å². The summed E-state index contributed by atoms with van der Waals surface area (Å²) in [5.41, 5.74) is 1.59. The van der Waals surface area contributed by atoms with Gasteiger partial charge in [0.25, 0.3) is 10.0 Å². The summed E-state index contributed by atoms with van der Waals surface area (Å²) in [6.07, 6.45) is 0.849. The van der Waals surface area contributed by atoms with E-state index in [2.05, 4.69) is 5.32 Å². The Kier molecular flexibility index (Phi) is 13.2. The molecule has 4 rings (SSSR count). The van der Waals surface area contributed by atoms with Crippen LogP contribution in [0.2, 0.25) is 15.1 Å². The normalized spacial score (nSPS) is 12.5. The average molecular weight is 731 g/mol. The molecule has 0 saturated carbocycles. The minimum Gasteiger partial charge on any atom is -0.492 e. The average Bonchev–Trinajstić information content (AvgIpc) is 3.07. The number of amides is 2. The fourth-order valence-electron chi connectivity index (χ4n) is 5.02. The van der Waals surface area contributed by atoms with Crippen molar-refractivity contribution >= 4 is 62.3 Å². The van der Waals surface area contributed by atoms with E-state index in [1.165, 1.54) is 29.2 Å². The van der Waals surface area contributed by atoms with E-state index < -0.39 is 28.5 Å². The van der Waals surface area contributed by atoms with Crippen molar-refractivity contribution in [2.75, 3.05) is 17.5 Å². The van der Waals surface area contributed by atoms with Crippen LogP contribution in [-0.4, -0.2) is 50.4 Å². The molecule has 0 aliphatic heterocycles. The molecule has 0 radical (unpaired) electrons. The predicted octanol–water partition coefficient (Wildman–Crippen LogP) is 7.80. The van der Waals surface area contributed by atoms with Crippen LogP contribution in [0.25, 0.3) is 0 Å². The molecule has 0 heterocycles. The topological polar surface area (TPSA) is 96.0 Å². The molecule has 0 spiro atoms. The van der Waals surface area contributed by atoms with Crippen LogP contribution in [0.4, 0.5) is 5.69 Å². The third kappa shape index (κ3) is 9.44. The van der Waals surface area contributed by atoms with Crippen molar-refractivity contribution in [2.45, 2.75) is 57.1 Å². The molecule has 12 heteroatoms. The lowest BCUT2D eigenvalue weighted by molar-refractivity contribution is -0.140. The zero-order chi connectivity index (χ0) is 34.8. The summed E-state index contributed by atoms with van der Waals surface area (Å²) in [4.78, 5) is 30.0. The lowest BCUT2D eigenvalue weighted by atomic mass is 10.0. The van der Waals surface area contributed by atoms with Crippen LogP contribution < -0.4 is 14.4 Å².